The molecule has 0 aliphatic carbocycles. The van der Waals surface area contributed by atoms with Crippen molar-refractivity contribution in [2.75, 3.05) is 13.2 Å². The fourth-order valence-corrected chi connectivity index (χ4v) is 2.19. The lowest BCUT2D eigenvalue weighted by molar-refractivity contribution is -0.122. The molecule has 6 heteroatoms. The van der Waals surface area contributed by atoms with E-state index in [0.717, 1.165) is 5.75 Å². The summed E-state index contributed by atoms with van der Waals surface area (Å²) in [6.07, 6.45) is 1.41. The van der Waals surface area contributed by atoms with Crippen LogP contribution in [-0.2, 0) is 4.79 Å². The summed E-state index contributed by atoms with van der Waals surface area (Å²) in [5.41, 5.74) is 1.25. The van der Waals surface area contributed by atoms with Crippen LogP contribution in [-0.4, -0.2) is 31.0 Å². The van der Waals surface area contributed by atoms with E-state index in [4.69, 9.17) is 9.15 Å². The van der Waals surface area contributed by atoms with Crippen LogP contribution in [0.2, 0.25) is 0 Å². The van der Waals surface area contributed by atoms with Crippen LogP contribution in [0, 0.1) is 0 Å². The Kier molecular flexibility index (Phi) is 6.62. The fraction of sp³-hybridized carbons (Fsp3) is 0.368. The Balaban J connectivity index is 1.68. The fourth-order valence-electron chi connectivity index (χ4n) is 2.19. The van der Waals surface area contributed by atoms with Crippen molar-refractivity contribution in [1.82, 2.24) is 10.6 Å². The molecule has 1 aromatic carbocycles. The second kappa shape index (κ2) is 8.92. The summed E-state index contributed by atoms with van der Waals surface area (Å²) in [4.78, 5) is 23.8. The molecule has 0 radical (unpaired) electrons. The van der Waals surface area contributed by atoms with Gasteiger partial charge in [0.15, 0.2) is 5.76 Å². The van der Waals surface area contributed by atoms with Crippen molar-refractivity contribution in [2.24, 2.45) is 0 Å². The highest BCUT2D eigenvalue weighted by atomic mass is 16.5. The van der Waals surface area contributed by atoms with Gasteiger partial charge >= 0.3 is 0 Å². The predicted molar refractivity (Wildman–Crippen MR) is 94.7 cm³/mol. The van der Waals surface area contributed by atoms with Crippen molar-refractivity contribution in [2.45, 2.75) is 32.7 Å². The second-order valence-electron chi connectivity index (χ2n) is 6.04. The minimum Gasteiger partial charge on any atom is -0.492 e. The van der Waals surface area contributed by atoms with Gasteiger partial charge in [-0.1, -0.05) is 26.0 Å². The lowest BCUT2D eigenvalue weighted by atomic mass is 10.0. The van der Waals surface area contributed by atoms with Crippen molar-refractivity contribution in [3.63, 3.8) is 0 Å². The summed E-state index contributed by atoms with van der Waals surface area (Å²) in [7, 11) is 0. The number of nitrogens with one attached hydrogen (secondary N) is 2. The molecule has 0 bridgehead atoms. The van der Waals surface area contributed by atoms with Crippen LogP contribution >= 0.6 is 0 Å². The van der Waals surface area contributed by atoms with Crippen LogP contribution in [0.1, 0.15) is 42.8 Å². The van der Waals surface area contributed by atoms with E-state index in [0.29, 0.717) is 19.1 Å². The van der Waals surface area contributed by atoms with E-state index in [2.05, 4.69) is 24.5 Å². The molecule has 1 heterocycles. The number of hydrogen-bond acceptors (Lipinski definition) is 4. The zero-order valence-electron chi connectivity index (χ0n) is 14.7. The highest BCUT2D eigenvalue weighted by Crippen LogP contribution is 2.18. The van der Waals surface area contributed by atoms with Gasteiger partial charge in [-0.15, -0.1) is 0 Å². The molecule has 0 aliphatic rings. The molecule has 1 unspecified atom stereocenters. The molecule has 0 spiro atoms. The molecule has 25 heavy (non-hydrogen) atoms. The number of amides is 2. The molecule has 6 nitrogen and oxygen atoms in total. The highest BCUT2D eigenvalue weighted by molar-refractivity contribution is 5.95. The third kappa shape index (κ3) is 5.67. The van der Waals surface area contributed by atoms with E-state index in [1.54, 1.807) is 19.1 Å². The monoisotopic (exact) mass is 344 g/mol. The average molecular weight is 344 g/mol. The maximum Gasteiger partial charge on any atom is 0.287 e. The number of carbonyl (C=O) groups is 2. The first-order valence-corrected chi connectivity index (χ1v) is 8.32. The number of rotatable bonds is 8. The largest absolute Gasteiger partial charge is 0.492 e. The third-order valence-corrected chi connectivity index (χ3v) is 3.70. The number of hydrogen-bond donors (Lipinski definition) is 2. The van der Waals surface area contributed by atoms with Gasteiger partial charge in [-0.25, -0.2) is 0 Å². The lowest BCUT2D eigenvalue weighted by Crippen LogP contribution is -2.45. The van der Waals surface area contributed by atoms with Crippen LogP contribution in [0.4, 0.5) is 0 Å². The number of furan rings is 1. The Bertz CT molecular complexity index is 678. The molecule has 0 aliphatic heterocycles. The van der Waals surface area contributed by atoms with E-state index in [-0.39, 0.29) is 11.7 Å². The molecule has 1 atom stereocenters. The van der Waals surface area contributed by atoms with Crippen LogP contribution in [0.25, 0.3) is 0 Å². The zero-order valence-corrected chi connectivity index (χ0v) is 14.7. The quantitative estimate of drug-likeness (QED) is 0.722. The van der Waals surface area contributed by atoms with Gasteiger partial charge in [-0.2, -0.15) is 0 Å². The molecule has 0 saturated heterocycles. The van der Waals surface area contributed by atoms with Gasteiger partial charge in [0.2, 0.25) is 5.91 Å². The first-order chi connectivity index (χ1) is 12.0. The Morgan fingerprint density at radius 2 is 1.84 bits per heavy atom. The van der Waals surface area contributed by atoms with Crippen molar-refractivity contribution in [3.8, 4) is 5.75 Å². The molecule has 0 fully saturated rings. The Morgan fingerprint density at radius 3 is 2.44 bits per heavy atom. The summed E-state index contributed by atoms with van der Waals surface area (Å²) < 4.78 is 10.6. The first-order valence-electron chi connectivity index (χ1n) is 8.32. The number of carbonyl (C=O) groups excluding carboxylic acids is 2. The highest BCUT2D eigenvalue weighted by Gasteiger charge is 2.17. The van der Waals surface area contributed by atoms with E-state index in [9.17, 15) is 9.59 Å². The maximum atomic E-state index is 12.0. The minimum atomic E-state index is -0.664. The summed E-state index contributed by atoms with van der Waals surface area (Å²) in [6, 6.07) is 10.4. The van der Waals surface area contributed by atoms with E-state index < -0.39 is 11.9 Å². The average Bonchev–Trinajstić information content (AvgIpc) is 3.13. The summed E-state index contributed by atoms with van der Waals surface area (Å²) in [5.74, 6) is 0.713. The van der Waals surface area contributed by atoms with Crippen LogP contribution < -0.4 is 15.4 Å². The molecule has 2 amide bonds. The van der Waals surface area contributed by atoms with Gasteiger partial charge in [0.05, 0.1) is 12.8 Å². The van der Waals surface area contributed by atoms with Gasteiger partial charge in [-0.3, -0.25) is 9.59 Å². The van der Waals surface area contributed by atoms with Gasteiger partial charge < -0.3 is 19.8 Å². The second-order valence-corrected chi connectivity index (χ2v) is 6.04. The minimum absolute atomic E-state index is 0.174. The van der Waals surface area contributed by atoms with Crippen molar-refractivity contribution >= 4 is 11.8 Å². The third-order valence-electron chi connectivity index (χ3n) is 3.70. The molecular formula is C19H24N2O4. The standard InChI is InChI=1S/C19H24N2O4/c1-13(2)15-6-8-16(9-7-15)24-12-10-20-18(22)14(3)21-19(23)17-5-4-11-25-17/h4-9,11,13-14H,10,12H2,1-3H3,(H,20,22)(H,21,23). The molecule has 0 saturated carbocycles. The summed E-state index contributed by atoms with van der Waals surface area (Å²) >= 11 is 0. The van der Waals surface area contributed by atoms with Gasteiger partial charge in [-0.05, 0) is 42.7 Å². The summed E-state index contributed by atoms with van der Waals surface area (Å²) in [5, 5.41) is 5.30. The van der Waals surface area contributed by atoms with Gasteiger partial charge in [0, 0.05) is 0 Å². The SMILES string of the molecule is CC(NC(=O)c1ccco1)C(=O)NCCOc1ccc(C(C)C)cc1. The normalized spacial score (nSPS) is 11.8. The molecule has 1 aromatic heterocycles. The zero-order chi connectivity index (χ0) is 18.2. The molecule has 2 N–H and O–H groups in total. The van der Waals surface area contributed by atoms with E-state index >= 15 is 0 Å². The number of benzene rings is 1. The van der Waals surface area contributed by atoms with Crippen LogP contribution in [0.15, 0.2) is 47.1 Å². The topological polar surface area (TPSA) is 80.6 Å². The molecule has 2 rings (SSSR count). The Hall–Kier alpha value is -2.76. The van der Waals surface area contributed by atoms with Crippen molar-refractivity contribution < 1.29 is 18.7 Å². The van der Waals surface area contributed by atoms with Crippen LogP contribution in [0.3, 0.4) is 0 Å². The summed E-state index contributed by atoms with van der Waals surface area (Å²) in [6.45, 7) is 6.59. The molecule has 2 aromatic rings. The Morgan fingerprint density at radius 1 is 1.12 bits per heavy atom. The van der Waals surface area contributed by atoms with Crippen LogP contribution in [0.5, 0.6) is 5.75 Å². The van der Waals surface area contributed by atoms with Gasteiger partial charge in [0.1, 0.15) is 18.4 Å². The maximum absolute atomic E-state index is 12.0. The van der Waals surface area contributed by atoms with E-state index in [1.807, 2.05) is 24.3 Å². The predicted octanol–water partition coefficient (Wildman–Crippen LogP) is 2.72. The molecular weight excluding hydrogens is 320 g/mol. The first kappa shape index (κ1) is 18.6. The van der Waals surface area contributed by atoms with Crippen molar-refractivity contribution in [1.29, 1.82) is 0 Å². The Labute approximate surface area is 147 Å². The number of ether oxygens (including phenoxy) is 1. The smallest absolute Gasteiger partial charge is 0.287 e. The van der Waals surface area contributed by atoms with E-state index in [1.165, 1.54) is 11.8 Å². The molecule has 134 valence electrons. The lowest BCUT2D eigenvalue weighted by Gasteiger charge is -2.14. The van der Waals surface area contributed by atoms with Gasteiger partial charge in [0.25, 0.3) is 5.91 Å². The van der Waals surface area contributed by atoms with Crippen molar-refractivity contribution in [3.05, 3.63) is 54.0 Å².